The molecule has 136 valence electrons. The van der Waals surface area contributed by atoms with Gasteiger partial charge in [-0.2, -0.15) is 0 Å². The van der Waals surface area contributed by atoms with Crippen molar-refractivity contribution in [3.63, 3.8) is 0 Å². The van der Waals surface area contributed by atoms with E-state index in [1.54, 1.807) is 26.8 Å². The van der Waals surface area contributed by atoms with Gasteiger partial charge in [-0.05, 0) is 58.2 Å². The molecular formula is C18H22ClFN2O3. The predicted molar refractivity (Wildman–Crippen MR) is 93.1 cm³/mol. The quantitative estimate of drug-likeness (QED) is 0.838. The van der Waals surface area contributed by atoms with Crippen LogP contribution in [-0.4, -0.2) is 16.9 Å². The van der Waals surface area contributed by atoms with Crippen molar-refractivity contribution in [2.45, 2.75) is 52.7 Å². The summed E-state index contributed by atoms with van der Waals surface area (Å²) in [5, 5.41) is 6.82. The largest absolute Gasteiger partial charge is 0.444 e. The molecule has 0 saturated carbocycles. The number of ether oxygens (including phenoxy) is 1. The zero-order chi connectivity index (χ0) is 18.6. The Labute approximate surface area is 151 Å². The standard InChI is InChI=1S/C18H22ClFN2O3/c1-11-7-14(22-25-11)6-5-12-8-13(16(20)9-15(12)19)10-21-17(23)24-18(2,3)4/h7-9H,5-6,10H2,1-4H3,(H,21,23). The summed E-state index contributed by atoms with van der Waals surface area (Å²) < 4.78 is 24.3. The van der Waals surface area contributed by atoms with Crippen LogP contribution in [0.5, 0.6) is 0 Å². The average molecular weight is 369 g/mol. The molecule has 1 heterocycles. The summed E-state index contributed by atoms with van der Waals surface area (Å²) in [7, 11) is 0. The van der Waals surface area contributed by atoms with Gasteiger partial charge in [0, 0.05) is 23.2 Å². The Morgan fingerprint density at radius 3 is 2.60 bits per heavy atom. The Kier molecular flexibility index (Phi) is 6.06. The maximum absolute atomic E-state index is 14.1. The second-order valence-corrected chi connectivity index (χ2v) is 7.23. The Morgan fingerprint density at radius 2 is 2.00 bits per heavy atom. The summed E-state index contributed by atoms with van der Waals surface area (Å²) in [4.78, 5) is 11.7. The zero-order valence-corrected chi connectivity index (χ0v) is 15.5. The summed E-state index contributed by atoms with van der Waals surface area (Å²) in [6.07, 6.45) is 0.619. The maximum atomic E-state index is 14.1. The smallest absolute Gasteiger partial charge is 0.407 e. The van der Waals surface area contributed by atoms with Crippen molar-refractivity contribution in [3.8, 4) is 0 Å². The van der Waals surface area contributed by atoms with Crippen LogP contribution in [0.1, 0.15) is 43.4 Å². The first-order valence-corrected chi connectivity index (χ1v) is 8.37. The molecule has 1 N–H and O–H groups in total. The van der Waals surface area contributed by atoms with Gasteiger partial charge < -0.3 is 14.6 Å². The lowest BCUT2D eigenvalue weighted by Gasteiger charge is -2.20. The van der Waals surface area contributed by atoms with Crippen LogP contribution >= 0.6 is 11.6 Å². The zero-order valence-electron chi connectivity index (χ0n) is 14.8. The van der Waals surface area contributed by atoms with Gasteiger partial charge in [0.2, 0.25) is 0 Å². The molecule has 0 aliphatic heterocycles. The van der Waals surface area contributed by atoms with E-state index in [0.29, 0.717) is 23.4 Å². The third-order valence-electron chi connectivity index (χ3n) is 3.36. The fourth-order valence-electron chi connectivity index (χ4n) is 2.25. The molecule has 0 atom stereocenters. The van der Waals surface area contributed by atoms with E-state index in [1.807, 2.05) is 13.0 Å². The highest BCUT2D eigenvalue weighted by atomic mass is 35.5. The molecular weight excluding hydrogens is 347 g/mol. The number of carbonyl (C=O) groups is 1. The summed E-state index contributed by atoms with van der Waals surface area (Å²) in [5.41, 5.74) is 1.33. The van der Waals surface area contributed by atoms with Gasteiger partial charge in [0.05, 0.1) is 5.69 Å². The molecule has 0 aliphatic rings. The van der Waals surface area contributed by atoms with Crippen LogP contribution in [0.4, 0.5) is 9.18 Å². The molecule has 0 spiro atoms. The molecule has 5 nitrogen and oxygen atoms in total. The number of benzene rings is 1. The Balaban J connectivity index is 2.02. The summed E-state index contributed by atoms with van der Waals surface area (Å²) >= 11 is 6.13. The number of aromatic nitrogens is 1. The lowest BCUT2D eigenvalue weighted by molar-refractivity contribution is 0.0523. The number of hydrogen-bond acceptors (Lipinski definition) is 4. The normalized spacial score (nSPS) is 11.4. The van der Waals surface area contributed by atoms with Crippen molar-refractivity contribution in [3.05, 3.63) is 51.6 Å². The Hall–Kier alpha value is -2.08. The van der Waals surface area contributed by atoms with Crippen molar-refractivity contribution in [2.75, 3.05) is 0 Å². The van der Waals surface area contributed by atoms with Crippen molar-refractivity contribution in [2.24, 2.45) is 0 Å². The minimum absolute atomic E-state index is 0.0218. The molecule has 1 aromatic carbocycles. The molecule has 0 aliphatic carbocycles. The number of nitrogens with one attached hydrogen (secondary N) is 1. The van der Waals surface area contributed by atoms with Gasteiger partial charge in [0.1, 0.15) is 17.2 Å². The van der Waals surface area contributed by atoms with Crippen LogP contribution in [0, 0.1) is 12.7 Å². The third-order valence-corrected chi connectivity index (χ3v) is 3.72. The first-order valence-electron chi connectivity index (χ1n) is 8.00. The van der Waals surface area contributed by atoms with Crippen LogP contribution < -0.4 is 5.32 Å². The molecule has 2 aromatic rings. The van der Waals surface area contributed by atoms with E-state index in [1.165, 1.54) is 6.07 Å². The van der Waals surface area contributed by atoms with Crippen LogP contribution in [0.15, 0.2) is 22.7 Å². The molecule has 0 bridgehead atoms. The van der Waals surface area contributed by atoms with Gasteiger partial charge in [-0.3, -0.25) is 0 Å². The van der Waals surface area contributed by atoms with E-state index in [0.717, 1.165) is 17.0 Å². The number of hydrogen-bond donors (Lipinski definition) is 1. The topological polar surface area (TPSA) is 64.4 Å². The average Bonchev–Trinajstić information content (AvgIpc) is 2.89. The van der Waals surface area contributed by atoms with E-state index in [4.69, 9.17) is 20.9 Å². The van der Waals surface area contributed by atoms with Gasteiger partial charge in [-0.15, -0.1) is 0 Å². The second-order valence-electron chi connectivity index (χ2n) is 6.82. The van der Waals surface area contributed by atoms with Crippen molar-refractivity contribution >= 4 is 17.7 Å². The molecule has 0 saturated heterocycles. The first-order chi connectivity index (χ1) is 11.6. The first kappa shape index (κ1) is 19.2. The van der Waals surface area contributed by atoms with Crippen molar-refractivity contribution in [1.82, 2.24) is 10.5 Å². The number of aryl methyl sites for hydroxylation is 3. The molecule has 0 fully saturated rings. The number of nitrogens with zero attached hydrogens (tertiary/aromatic N) is 1. The Bertz CT molecular complexity index is 753. The number of alkyl carbamates (subject to hydrolysis) is 1. The minimum atomic E-state index is -0.608. The van der Waals surface area contributed by atoms with Crippen LogP contribution in [0.3, 0.4) is 0 Å². The molecule has 2 rings (SSSR count). The van der Waals surface area contributed by atoms with Crippen molar-refractivity contribution < 1.29 is 18.4 Å². The highest BCUT2D eigenvalue weighted by Crippen LogP contribution is 2.23. The number of carbonyl (C=O) groups excluding carboxylic acids is 1. The fourth-order valence-corrected chi connectivity index (χ4v) is 2.50. The highest BCUT2D eigenvalue weighted by molar-refractivity contribution is 6.31. The van der Waals surface area contributed by atoms with E-state index < -0.39 is 17.5 Å². The summed E-state index contributed by atoms with van der Waals surface area (Å²) in [6, 6.07) is 4.77. The summed E-state index contributed by atoms with van der Waals surface area (Å²) in [5.74, 6) is 0.268. The number of rotatable bonds is 5. The van der Waals surface area contributed by atoms with Gasteiger partial charge >= 0.3 is 6.09 Å². The molecule has 0 unspecified atom stereocenters. The van der Waals surface area contributed by atoms with Crippen LogP contribution in [-0.2, 0) is 24.1 Å². The van der Waals surface area contributed by atoms with Gasteiger partial charge in [0.25, 0.3) is 0 Å². The minimum Gasteiger partial charge on any atom is -0.444 e. The molecule has 25 heavy (non-hydrogen) atoms. The highest BCUT2D eigenvalue weighted by Gasteiger charge is 2.17. The molecule has 7 heteroatoms. The maximum Gasteiger partial charge on any atom is 0.407 e. The van der Waals surface area contributed by atoms with Crippen LogP contribution in [0.25, 0.3) is 0 Å². The summed E-state index contributed by atoms with van der Waals surface area (Å²) in [6.45, 7) is 7.13. The predicted octanol–water partition coefficient (Wildman–Crippen LogP) is 4.59. The van der Waals surface area contributed by atoms with Gasteiger partial charge in [-0.1, -0.05) is 16.8 Å². The van der Waals surface area contributed by atoms with E-state index in [9.17, 15) is 9.18 Å². The number of amides is 1. The SMILES string of the molecule is Cc1cc(CCc2cc(CNC(=O)OC(C)(C)C)c(F)cc2Cl)no1. The third kappa shape index (κ3) is 6.05. The van der Waals surface area contributed by atoms with Crippen LogP contribution in [0.2, 0.25) is 5.02 Å². The Morgan fingerprint density at radius 1 is 1.28 bits per heavy atom. The fraction of sp³-hybridized carbons (Fsp3) is 0.444. The van der Waals surface area contributed by atoms with Gasteiger partial charge in [-0.25, -0.2) is 9.18 Å². The second kappa shape index (κ2) is 7.87. The molecule has 1 amide bonds. The van der Waals surface area contributed by atoms with Gasteiger partial charge in [0.15, 0.2) is 0 Å². The molecule has 0 radical (unpaired) electrons. The monoisotopic (exact) mass is 368 g/mol. The van der Waals surface area contributed by atoms with E-state index >= 15 is 0 Å². The van der Waals surface area contributed by atoms with E-state index in [-0.39, 0.29) is 6.54 Å². The lowest BCUT2D eigenvalue weighted by Crippen LogP contribution is -2.32. The lowest BCUT2D eigenvalue weighted by atomic mass is 10.0. The molecule has 1 aromatic heterocycles. The van der Waals surface area contributed by atoms with Crippen molar-refractivity contribution in [1.29, 1.82) is 0 Å². The number of halogens is 2. The van der Waals surface area contributed by atoms with E-state index in [2.05, 4.69) is 10.5 Å².